The van der Waals surface area contributed by atoms with Crippen LogP contribution < -0.4 is 10.5 Å². The predicted octanol–water partition coefficient (Wildman–Crippen LogP) is 4.19. The predicted molar refractivity (Wildman–Crippen MR) is 104 cm³/mol. The number of hydrogen-bond acceptors (Lipinski definition) is 5. The Morgan fingerprint density at radius 1 is 1.15 bits per heavy atom. The van der Waals surface area contributed by atoms with Crippen LogP contribution in [0.3, 0.4) is 0 Å². The van der Waals surface area contributed by atoms with Crippen molar-refractivity contribution in [2.45, 2.75) is 6.92 Å². The number of nitrogens with zero attached hydrogens (tertiary/aromatic N) is 4. The first kappa shape index (κ1) is 16.6. The minimum absolute atomic E-state index is 0.406. The van der Waals surface area contributed by atoms with Crippen molar-refractivity contribution in [1.82, 2.24) is 14.5 Å². The largest absolute Gasteiger partial charge is 0.439 e. The van der Waals surface area contributed by atoms with Gasteiger partial charge in [0, 0.05) is 36.8 Å². The van der Waals surface area contributed by atoms with Gasteiger partial charge in [0.1, 0.15) is 17.6 Å². The molecule has 0 bridgehead atoms. The summed E-state index contributed by atoms with van der Waals surface area (Å²) in [5, 5.41) is 10.1. The maximum absolute atomic E-state index is 9.36. The molecule has 0 unspecified atom stereocenters. The molecular weight excluding hydrogens is 338 g/mol. The summed E-state index contributed by atoms with van der Waals surface area (Å²) in [6.45, 7) is 1.92. The third-order valence-electron chi connectivity index (χ3n) is 4.40. The molecule has 0 saturated heterocycles. The van der Waals surface area contributed by atoms with E-state index in [1.807, 2.05) is 67.2 Å². The van der Waals surface area contributed by atoms with Crippen LogP contribution in [0.4, 0.5) is 5.82 Å². The third kappa shape index (κ3) is 2.96. The summed E-state index contributed by atoms with van der Waals surface area (Å²) in [4.78, 5) is 8.51. The first-order valence-electron chi connectivity index (χ1n) is 8.42. The molecule has 0 aliphatic heterocycles. The van der Waals surface area contributed by atoms with E-state index < -0.39 is 0 Å². The van der Waals surface area contributed by atoms with Crippen LogP contribution in [0.15, 0.2) is 54.9 Å². The molecule has 2 N–H and O–H groups in total. The molecule has 6 nitrogen and oxygen atoms in total. The second-order valence-electron chi connectivity index (χ2n) is 6.29. The Bertz CT molecular complexity index is 1190. The Labute approximate surface area is 156 Å². The van der Waals surface area contributed by atoms with Crippen LogP contribution in [0.1, 0.15) is 11.3 Å². The number of pyridine rings is 2. The van der Waals surface area contributed by atoms with Gasteiger partial charge in [0.25, 0.3) is 0 Å². The van der Waals surface area contributed by atoms with Gasteiger partial charge in [-0.1, -0.05) is 18.2 Å². The van der Waals surface area contributed by atoms with Crippen molar-refractivity contribution in [2.75, 3.05) is 5.73 Å². The molecule has 0 aliphatic rings. The zero-order valence-electron chi connectivity index (χ0n) is 15.0. The first-order valence-corrected chi connectivity index (χ1v) is 8.42. The van der Waals surface area contributed by atoms with Crippen molar-refractivity contribution in [1.29, 1.82) is 5.26 Å². The lowest BCUT2D eigenvalue weighted by atomic mass is 10.0. The first-order chi connectivity index (χ1) is 13.1. The van der Waals surface area contributed by atoms with Crippen LogP contribution in [0, 0.1) is 18.3 Å². The number of aryl methyl sites for hydroxylation is 2. The molecule has 0 atom stereocenters. The van der Waals surface area contributed by atoms with E-state index in [1.54, 1.807) is 0 Å². The number of nitriles is 1. The molecule has 6 heteroatoms. The van der Waals surface area contributed by atoms with E-state index in [9.17, 15) is 5.26 Å². The highest BCUT2D eigenvalue weighted by Crippen LogP contribution is 2.35. The van der Waals surface area contributed by atoms with E-state index in [-0.39, 0.29) is 0 Å². The number of benzene rings is 1. The van der Waals surface area contributed by atoms with Gasteiger partial charge in [0.2, 0.25) is 5.88 Å². The van der Waals surface area contributed by atoms with Gasteiger partial charge in [-0.15, -0.1) is 0 Å². The lowest BCUT2D eigenvalue weighted by Crippen LogP contribution is -1.95. The minimum atomic E-state index is 0.406. The van der Waals surface area contributed by atoms with Gasteiger partial charge in [-0.2, -0.15) is 5.26 Å². The van der Waals surface area contributed by atoms with Crippen LogP contribution in [0.2, 0.25) is 0 Å². The van der Waals surface area contributed by atoms with Crippen molar-refractivity contribution in [2.24, 2.45) is 7.05 Å². The van der Waals surface area contributed by atoms with Gasteiger partial charge in [0.15, 0.2) is 0 Å². The Morgan fingerprint density at radius 2 is 1.93 bits per heavy atom. The number of hydrogen-bond donors (Lipinski definition) is 1. The highest BCUT2D eigenvalue weighted by molar-refractivity contribution is 6.04. The highest BCUT2D eigenvalue weighted by atomic mass is 16.5. The Kier molecular flexibility index (Phi) is 3.98. The fourth-order valence-electron chi connectivity index (χ4n) is 3.17. The lowest BCUT2D eigenvalue weighted by Gasteiger charge is -2.07. The van der Waals surface area contributed by atoms with Crippen LogP contribution in [0.25, 0.3) is 22.0 Å². The SMILES string of the molecule is Cc1cccc(Oc2ccc(-c3cn(C)c4c(C#N)cnc(N)c34)cc2)n1. The zero-order valence-corrected chi connectivity index (χ0v) is 15.0. The minimum Gasteiger partial charge on any atom is -0.439 e. The molecule has 0 radical (unpaired) electrons. The molecule has 0 saturated carbocycles. The molecule has 3 heterocycles. The molecular formula is C21H17N5O. The van der Waals surface area contributed by atoms with Gasteiger partial charge in [-0.05, 0) is 30.7 Å². The van der Waals surface area contributed by atoms with Gasteiger partial charge in [-0.25, -0.2) is 9.97 Å². The molecule has 0 spiro atoms. The van der Waals surface area contributed by atoms with E-state index >= 15 is 0 Å². The quantitative estimate of drug-likeness (QED) is 0.595. The van der Waals surface area contributed by atoms with E-state index in [0.717, 1.165) is 27.7 Å². The number of nitrogen functional groups attached to an aromatic ring is 1. The molecule has 0 aliphatic carbocycles. The van der Waals surface area contributed by atoms with Crippen molar-refractivity contribution < 1.29 is 4.74 Å². The average molecular weight is 355 g/mol. The fourth-order valence-corrected chi connectivity index (χ4v) is 3.17. The number of ether oxygens (including phenoxy) is 1. The van der Waals surface area contributed by atoms with Crippen LogP contribution >= 0.6 is 0 Å². The van der Waals surface area contributed by atoms with Gasteiger partial charge >= 0.3 is 0 Å². The molecule has 0 amide bonds. The Hall–Kier alpha value is -3.85. The number of rotatable bonds is 3. The van der Waals surface area contributed by atoms with E-state index in [1.165, 1.54) is 6.20 Å². The average Bonchev–Trinajstić information content (AvgIpc) is 3.01. The summed E-state index contributed by atoms with van der Waals surface area (Å²) in [7, 11) is 1.90. The normalized spacial score (nSPS) is 10.7. The van der Waals surface area contributed by atoms with Gasteiger partial charge < -0.3 is 15.0 Å². The molecule has 4 rings (SSSR count). The Morgan fingerprint density at radius 3 is 2.63 bits per heavy atom. The van der Waals surface area contributed by atoms with Crippen molar-refractivity contribution in [3.05, 3.63) is 66.1 Å². The van der Waals surface area contributed by atoms with Crippen LogP contribution in [0.5, 0.6) is 11.6 Å². The van der Waals surface area contributed by atoms with Gasteiger partial charge in [0.05, 0.1) is 16.5 Å². The summed E-state index contributed by atoms with van der Waals surface area (Å²) in [5.74, 6) is 1.66. The molecule has 1 aromatic carbocycles. The van der Waals surface area contributed by atoms with E-state index in [0.29, 0.717) is 23.0 Å². The van der Waals surface area contributed by atoms with Crippen molar-refractivity contribution in [3.63, 3.8) is 0 Å². The van der Waals surface area contributed by atoms with Gasteiger partial charge in [-0.3, -0.25) is 0 Å². The summed E-state index contributed by atoms with van der Waals surface area (Å²) < 4.78 is 7.71. The monoisotopic (exact) mass is 355 g/mol. The summed E-state index contributed by atoms with van der Waals surface area (Å²) in [5.41, 5.74) is 10.2. The van der Waals surface area contributed by atoms with Crippen molar-refractivity contribution in [3.8, 4) is 28.8 Å². The highest BCUT2D eigenvalue weighted by Gasteiger charge is 2.16. The Balaban J connectivity index is 1.74. The molecule has 132 valence electrons. The standard InChI is InChI=1S/C21H17N5O/c1-13-4-3-5-18(25-13)27-16-8-6-14(7-9-16)17-12-26(2)20-15(10-22)11-24-21(23)19(17)20/h3-9,11-12H,1-2H3,(H2,23,24). The van der Waals surface area contributed by atoms with E-state index in [4.69, 9.17) is 10.5 Å². The zero-order chi connectivity index (χ0) is 19.0. The summed E-state index contributed by atoms with van der Waals surface area (Å²) >= 11 is 0. The smallest absolute Gasteiger partial charge is 0.219 e. The number of anilines is 1. The van der Waals surface area contributed by atoms with Crippen LogP contribution in [-0.2, 0) is 7.05 Å². The van der Waals surface area contributed by atoms with E-state index in [2.05, 4.69) is 16.0 Å². The maximum atomic E-state index is 9.36. The molecule has 3 aromatic heterocycles. The van der Waals surface area contributed by atoms with Crippen molar-refractivity contribution >= 4 is 16.7 Å². The number of fused-ring (bicyclic) bond motifs is 1. The molecule has 0 fully saturated rings. The summed E-state index contributed by atoms with van der Waals surface area (Å²) in [6.07, 6.45) is 3.47. The lowest BCUT2D eigenvalue weighted by molar-refractivity contribution is 0.462. The number of nitrogens with two attached hydrogens (primary N) is 1. The number of aromatic nitrogens is 3. The second kappa shape index (κ2) is 6.46. The molecule has 27 heavy (non-hydrogen) atoms. The topological polar surface area (TPSA) is 89.8 Å². The molecule has 4 aromatic rings. The third-order valence-corrected chi connectivity index (χ3v) is 4.40. The maximum Gasteiger partial charge on any atom is 0.219 e. The second-order valence-corrected chi connectivity index (χ2v) is 6.29. The van der Waals surface area contributed by atoms with Crippen LogP contribution in [-0.4, -0.2) is 14.5 Å². The summed E-state index contributed by atoms with van der Waals surface area (Å²) in [6, 6.07) is 15.5. The fraction of sp³-hybridized carbons (Fsp3) is 0.0952.